The van der Waals surface area contributed by atoms with Crippen molar-refractivity contribution in [2.24, 2.45) is 0 Å². The van der Waals surface area contributed by atoms with Gasteiger partial charge >= 0.3 is 0 Å². The Morgan fingerprint density at radius 3 is 1.54 bits per heavy atom. The molecule has 138 valence electrons. The minimum Gasteiger partial charge on any atom is -0.341 e. The molecule has 3 heteroatoms. The second kappa shape index (κ2) is 7.53. The number of thiophene rings is 1. The van der Waals surface area contributed by atoms with Crippen LogP contribution in [0.5, 0.6) is 0 Å². The molecule has 0 N–H and O–H groups in total. The van der Waals surface area contributed by atoms with E-state index in [1.807, 2.05) is 11.3 Å². The van der Waals surface area contributed by atoms with Crippen molar-refractivity contribution in [1.29, 1.82) is 0 Å². The second-order valence-corrected chi connectivity index (χ2v) is 8.08. The fourth-order valence-corrected chi connectivity index (χ4v) is 4.88. The van der Waals surface area contributed by atoms with Crippen molar-refractivity contribution in [1.82, 2.24) is 0 Å². The summed E-state index contributed by atoms with van der Waals surface area (Å²) in [6, 6.07) is 34.7. The van der Waals surface area contributed by atoms with Crippen molar-refractivity contribution < 1.29 is 0 Å². The van der Waals surface area contributed by atoms with Crippen LogP contribution in [0.4, 0.5) is 11.4 Å². The highest BCUT2D eigenvalue weighted by Gasteiger charge is 2.37. The molecule has 28 heavy (non-hydrogen) atoms. The first-order chi connectivity index (χ1) is 13.9. The molecule has 0 saturated heterocycles. The standard InChI is InChI=1S/C25H22N2S/c1-3-10-20(11-4-1)18-26-22-14-7-8-15-23(22)27(19-21-12-5-2-6-13-21)25(26)24-16-9-17-28-24/h1-17,25H,18-19H2. The maximum Gasteiger partial charge on any atom is 0.138 e. The molecule has 0 aliphatic carbocycles. The van der Waals surface area contributed by atoms with E-state index in [-0.39, 0.29) is 6.17 Å². The molecule has 0 amide bonds. The molecule has 1 aliphatic heterocycles. The van der Waals surface area contributed by atoms with Gasteiger partial charge in [0.05, 0.1) is 11.4 Å². The van der Waals surface area contributed by atoms with E-state index < -0.39 is 0 Å². The zero-order valence-electron chi connectivity index (χ0n) is 15.6. The monoisotopic (exact) mass is 382 g/mol. The van der Waals surface area contributed by atoms with E-state index >= 15 is 0 Å². The van der Waals surface area contributed by atoms with E-state index in [1.165, 1.54) is 27.4 Å². The van der Waals surface area contributed by atoms with Gasteiger partial charge in [-0.2, -0.15) is 0 Å². The third-order valence-corrected chi connectivity index (χ3v) is 6.19. The lowest BCUT2D eigenvalue weighted by atomic mass is 10.2. The number of hydrogen-bond acceptors (Lipinski definition) is 3. The van der Waals surface area contributed by atoms with E-state index in [2.05, 4.69) is 112 Å². The van der Waals surface area contributed by atoms with Gasteiger partial charge in [0.15, 0.2) is 0 Å². The third-order valence-electron chi connectivity index (χ3n) is 5.28. The molecule has 5 rings (SSSR count). The van der Waals surface area contributed by atoms with Crippen LogP contribution in [-0.4, -0.2) is 0 Å². The summed E-state index contributed by atoms with van der Waals surface area (Å²) in [6.07, 6.45) is 0.206. The highest BCUT2D eigenvalue weighted by Crippen LogP contribution is 2.48. The second-order valence-electron chi connectivity index (χ2n) is 7.10. The molecule has 0 saturated carbocycles. The van der Waals surface area contributed by atoms with Gasteiger partial charge in [0.2, 0.25) is 0 Å². The average molecular weight is 383 g/mol. The Labute approximate surface area is 170 Å². The van der Waals surface area contributed by atoms with Crippen LogP contribution in [0.2, 0.25) is 0 Å². The predicted molar refractivity (Wildman–Crippen MR) is 119 cm³/mol. The molecule has 0 bridgehead atoms. The Hall–Kier alpha value is -3.04. The maximum atomic E-state index is 2.54. The number of fused-ring (bicyclic) bond motifs is 1. The number of para-hydroxylation sites is 2. The fraction of sp³-hybridized carbons (Fsp3) is 0.120. The number of hydrogen-bond donors (Lipinski definition) is 0. The van der Waals surface area contributed by atoms with Gasteiger partial charge in [-0.15, -0.1) is 11.3 Å². The van der Waals surface area contributed by atoms with Crippen LogP contribution in [0.1, 0.15) is 22.2 Å². The Balaban J connectivity index is 1.59. The molecular formula is C25H22N2S. The molecule has 1 aromatic heterocycles. The van der Waals surface area contributed by atoms with Gasteiger partial charge in [0.25, 0.3) is 0 Å². The highest BCUT2D eigenvalue weighted by atomic mass is 32.1. The van der Waals surface area contributed by atoms with Crippen molar-refractivity contribution >= 4 is 22.7 Å². The largest absolute Gasteiger partial charge is 0.341 e. The smallest absolute Gasteiger partial charge is 0.138 e. The van der Waals surface area contributed by atoms with Crippen molar-refractivity contribution in [3.63, 3.8) is 0 Å². The summed E-state index contributed by atoms with van der Waals surface area (Å²) in [5.74, 6) is 0. The SMILES string of the molecule is c1ccc(CN2c3ccccc3N(Cc3ccccc3)C2c2cccs2)cc1. The van der Waals surface area contributed by atoms with Crippen molar-refractivity contribution in [2.45, 2.75) is 19.3 Å². The summed E-state index contributed by atoms with van der Waals surface area (Å²) >= 11 is 1.84. The van der Waals surface area contributed by atoms with E-state index in [0.29, 0.717) is 0 Å². The summed E-state index contributed by atoms with van der Waals surface area (Å²) in [7, 11) is 0. The normalized spacial score (nSPS) is 13.7. The molecule has 0 radical (unpaired) electrons. The number of benzene rings is 3. The van der Waals surface area contributed by atoms with Gasteiger partial charge in [-0.3, -0.25) is 0 Å². The van der Waals surface area contributed by atoms with Crippen LogP contribution in [0, 0.1) is 0 Å². The van der Waals surface area contributed by atoms with Gasteiger partial charge < -0.3 is 9.80 Å². The molecule has 0 spiro atoms. The summed E-state index contributed by atoms with van der Waals surface area (Å²) in [5, 5.41) is 2.18. The quantitative estimate of drug-likeness (QED) is 0.390. The molecule has 1 aliphatic rings. The zero-order chi connectivity index (χ0) is 18.8. The first-order valence-electron chi connectivity index (χ1n) is 9.64. The summed E-state index contributed by atoms with van der Waals surface area (Å²) in [4.78, 5) is 6.46. The Morgan fingerprint density at radius 2 is 1.07 bits per heavy atom. The molecular weight excluding hydrogens is 360 g/mol. The molecule has 4 aromatic rings. The maximum absolute atomic E-state index is 2.54. The summed E-state index contributed by atoms with van der Waals surface area (Å²) in [6.45, 7) is 1.79. The Bertz CT molecular complexity index is 960. The third kappa shape index (κ3) is 3.19. The Morgan fingerprint density at radius 1 is 0.571 bits per heavy atom. The zero-order valence-corrected chi connectivity index (χ0v) is 16.4. The van der Waals surface area contributed by atoms with Crippen LogP contribution in [-0.2, 0) is 13.1 Å². The van der Waals surface area contributed by atoms with Gasteiger partial charge in [-0.25, -0.2) is 0 Å². The predicted octanol–water partition coefficient (Wildman–Crippen LogP) is 6.47. The summed E-state index contributed by atoms with van der Waals surface area (Å²) in [5.41, 5.74) is 5.28. The molecule has 3 aromatic carbocycles. The van der Waals surface area contributed by atoms with Crippen molar-refractivity contribution in [3.05, 3.63) is 118 Å². The van der Waals surface area contributed by atoms with Crippen LogP contribution in [0.25, 0.3) is 0 Å². The van der Waals surface area contributed by atoms with Crippen molar-refractivity contribution in [3.8, 4) is 0 Å². The van der Waals surface area contributed by atoms with E-state index in [1.54, 1.807) is 0 Å². The number of rotatable bonds is 5. The van der Waals surface area contributed by atoms with Crippen LogP contribution in [0.15, 0.2) is 102 Å². The topological polar surface area (TPSA) is 6.48 Å². The van der Waals surface area contributed by atoms with E-state index in [4.69, 9.17) is 0 Å². The first-order valence-corrected chi connectivity index (χ1v) is 10.5. The van der Waals surface area contributed by atoms with Crippen LogP contribution in [0.3, 0.4) is 0 Å². The highest BCUT2D eigenvalue weighted by molar-refractivity contribution is 7.10. The Kier molecular flexibility index (Phi) is 4.59. The minimum atomic E-state index is 0.206. The number of anilines is 2. The van der Waals surface area contributed by atoms with Gasteiger partial charge in [-0.1, -0.05) is 78.9 Å². The van der Waals surface area contributed by atoms with Crippen LogP contribution < -0.4 is 9.80 Å². The van der Waals surface area contributed by atoms with E-state index in [9.17, 15) is 0 Å². The lowest BCUT2D eigenvalue weighted by Gasteiger charge is -2.32. The molecule has 2 heterocycles. The summed E-state index contributed by atoms with van der Waals surface area (Å²) < 4.78 is 0. The molecule has 0 fully saturated rings. The lowest BCUT2D eigenvalue weighted by Crippen LogP contribution is -2.34. The van der Waals surface area contributed by atoms with Gasteiger partial charge in [0, 0.05) is 18.0 Å². The van der Waals surface area contributed by atoms with Crippen LogP contribution >= 0.6 is 11.3 Å². The lowest BCUT2D eigenvalue weighted by molar-refractivity contribution is 0.612. The molecule has 0 unspecified atom stereocenters. The first kappa shape index (κ1) is 17.1. The molecule has 2 nitrogen and oxygen atoms in total. The molecule has 0 atom stereocenters. The average Bonchev–Trinajstić information content (AvgIpc) is 3.37. The fourth-order valence-electron chi connectivity index (χ4n) is 4.03. The van der Waals surface area contributed by atoms with E-state index in [0.717, 1.165) is 13.1 Å². The van der Waals surface area contributed by atoms with Crippen molar-refractivity contribution in [2.75, 3.05) is 9.80 Å². The number of nitrogens with zero attached hydrogens (tertiary/aromatic N) is 2. The van der Waals surface area contributed by atoms with Gasteiger partial charge in [-0.05, 0) is 34.7 Å². The van der Waals surface area contributed by atoms with Gasteiger partial charge in [0.1, 0.15) is 6.17 Å². The minimum absolute atomic E-state index is 0.206.